The predicted molar refractivity (Wildman–Crippen MR) is 150 cm³/mol. The summed E-state index contributed by atoms with van der Waals surface area (Å²) < 4.78 is 33.2. The molecule has 1 aromatic heterocycles. The first-order chi connectivity index (χ1) is 18.3. The Bertz CT molecular complexity index is 1390. The van der Waals surface area contributed by atoms with Gasteiger partial charge in [0.15, 0.2) is 0 Å². The lowest BCUT2D eigenvalue weighted by Crippen LogP contribution is -2.55. The van der Waals surface area contributed by atoms with Crippen LogP contribution >= 0.6 is 11.3 Å². The molecule has 38 heavy (non-hydrogen) atoms. The van der Waals surface area contributed by atoms with Crippen LogP contribution in [0.15, 0.2) is 64.9 Å². The zero-order valence-electron chi connectivity index (χ0n) is 22.2. The molecule has 7 nitrogen and oxygen atoms in total. The van der Waals surface area contributed by atoms with Gasteiger partial charge in [0.2, 0.25) is 15.9 Å². The van der Waals surface area contributed by atoms with Crippen molar-refractivity contribution in [2.75, 3.05) is 39.8 Å². The molecule has 5 rings (SSSR count). The number of aryl methyl sites for hydroxylation is 1. The number of hydrogen-bond acceptors (Lipinski definition) is 6. The molecule has 2 atom stereocenters. The van der Waals surface area contributed by atoms with E-state index >= 15 is 0 Å². The van der Waals surface area contributed by atoms with Gasteiger partial charge in [0.25, 0.3) is 0 Å². The van der Waals surface area contributed by atoms with E-state index in [1.807, 2.05) is 23.2 Å². The van der Waals surface area contributed by atoms with Crippen LogP contribution in [-0.4, -0.2) is 74.3 Å². The number of piperazine rings is 1. The maximum absolute atomic E-state index is 13.3. The van der Waals surface area contributed by atoms with Crippen molar-refractivity contribution in [1.29, 1.82) is 0 Å². The molecule has 1 amide bonds. The molecule has 202 valence electrons. The topological polar surface area (TPSA) is 70.2 Å². The minimum atomic E-state index is -3.65. The zero-order valence-corrected chi connectivity index (χ0v) is 23.8. The number of carbonyl (C=O) groups is 1. The Morgan fingerprint density at radius 1 is 1.03 bits per heavy atom. The first kappa shape index (κ1) is 26.9. The summed E-state index contributed by atoms with van der Waals surface area (Å²) >= 11 is 1.82. The van der Waals surface area contributed by atoms with Crippen LogP contribution in [0, 0.1) is 6.92 Å². The third-order valence-corrected chi connectivity index (χ3v) is 10.8. The highest BCUT2D eigenvalue weighted by Gasteiger charge is 2.36. The number of hydrogen-bond donors (Lipinski definition) is 0. The van der Waals surface area contributed by atoms with Crippen molar-refractivity contribution >= 4 is 27.3 Å². The van der Waals surface area contributed by atoms with Gasteiger partial charge in [-0.1, -0.05) is 24.3 Å². The fraction of sp³-hybridized carbons (Fsp3) is 0.414. The fourth-order valence-electron chi connectivity index (χ4n) is 5.67. The largest absolute Gasteiger partial charge is 0.497 e. The van der Waals surface area contributed by atoms with Crippen LogP contribution in [-0.2, 0) is 21.2 Å². The first-order valence-corrected chi connectivity index (χ1v) is 15.4. The molecule has 2 aliphatic rings. The number of thiophene rings is 1. The summed E-state index contributed by atoms with van der Waals surface area (Å²) in [6.07, 6.45) is 1.42. The number of fused-ring (bicyclic) bond motifs is 1. The summed E-state index contributed by atoms with van der Waals surface area (Å²) in [7, 11) is -2.10. The summed E-state index contributed by atoms with van der Waals surface area (Å²) in [6.45, 7) is 6.70. The lowest BCUT2D eigenvalue weighted by Gasteiger charge is -2.40. The second-order valence-corrected chi connectivity index (χ2v) is 13.0. The van der Waals surface area contributed by atoms with Gasteiger partial charge in [-0.25, -0.2) is 8.42 Å². The molecular formula is C29H35N3O4S2. The van der Waals surface area contributed by atoms with Gasteiger partial charge in [0, 0.05) is 50.1 Å². The van der Waals surface area contributed by atoms with Crippen LogP contribution in [0.5, 0.6) is 5.75 Å². The molecule has 9 heteroatoms. The molecule has 0 spiro atoms. The van der Waals surface area contributed by atoms with Gasteiger partial charge < -0.3 is 9.64 Å². The molecule has 2 aliphatic heterocycles. The maximum Gasteiger partial charge on any atom is 0.243 e. The third-order valence-electron chi connectivity index (χ3n) is 7.75. The van der Waals surface area contributed by atoms with E-state index in [0.29, 0.717) is 31.8 Å². The Labute approximate surface area is 229 Å². The zero-order chi connectivity index (χ0) is 26.9. The van der Waals surface area contributed by atoms with Crippen molar-refractivity contribution in [2.24, 2.45) is 0 Å². The van der Waals surface area contributed by atoms with E-state index < -0.39 is 10.0 Å². The number of benzene rings is 2. The van der Waals surface area contributed by atoms with Crippen molar-refractivity contribution in [3.8, 4) is 5.75 Å². The quantitative estimate of drug-likeness (QED) is 0.436. The SMILES string of the molecule is COc1ccc(S(=O)(=O)N2CCN(C(=O)CCN3CCc4sccc4C3c3ccccc3C)CC2C)cc1. The Hall–Kier alpha value is -2.72. The summed E-state index contributed by atoms with van der Waals surface area (Å²) in [5.74, 6) is 0.694. The standard InChI is InChI=1S/C29H35N3O4S2/c1-21-6-4-5-7-25(21)29-26-14-19-37-27(26)12-15-30(29)16-13-28(33)31-17-18-32(22(2)20-31)38(34,35)24-10-8-23(36-3)9-11-24/h4-11,14,19,22,29H,12-13,15-18,20H2,1-3H3. The highest BCUT2D eigenvalue weighted by molar-refractivity contribution is 7.89. The van der Waals surface area contributed by atoms with Gasteiger partial charge in [0.05, 0.1) is 18.0 Å². The third kappa shape index (κ3) is 5.25. The number of carbonyl (C=O) groups excluding carboxylic acids is 1. The maximum atomic E-state index is 13.3. The minimum Gasteiger partial charge on any atom is -0.497 e. The molecule has 3 heterocycles. The lowest BCUT2D eigenvalue weighted by molar-refractivity contribution is -0.133. The number of methoxy groups -OCH3 is 1. The van der Waals surface area contributed by atoms with Crippen LogP contribution < -0.4 is 4.74 Å². The van der Waals surface area contributed by atoms with E-state index in [1.165, 1.54) is 25.9 Å². The van der Waals surface area contributed by atoms with E-state index in [2.05, 4.69) is 47.5 Å². The number of amides is 1. The Morgan fingerprint density at radius 2 is 1.79 bits per heavy atom. The number of nitrogens with zero attached hydrogens (tertiary/aromatic N) is 3. The van der Waals surface area contributed by atoms with Gasteiger partial charge >= 0.3 is 0 Å². The molecule has 0 bridgehead atoms. The number of sulfonamides is 1. The van der Waals surface area contributed by atoms with E-state index in [9.17, 15) is 13.2 Å². The van der Waals surface area contributed by atoms with Gasteiger partial charge in [0.1, 0.15) is 5.75 Å². The molecule has 0 aliphatic carbocycles. The molecule has 1 fully saturated rings. The Morgan fingerprint density at radius 3 is 2.50 bits per heavy atom. The van der Waals surface area contributed by atoms with E-state index in [4.69, 9.17) is 4.74 Å². The first-order valence-electron chi connectivity index (χ1n) is 13.1. The van der Waals surface area contributed by atoms with Gasteiger partial charge in [-0.15, -0.1) is 11.3 Å². The van der Waals surface area contributed by atoms with Crippen molar-refractivity contribution in [2.45, 2.75) is 43.7 Å². The average Bonchev–Trinajstić information content (AvgIpc) is 3.41. The number of ether oxygens (including phenoxy) is 1. The average molecular weight is 554 g/mol. The van der Waals surface area contributed by atoms with E-state index in [0.717, 1.165) is 13.0 Å². The molecule has 1 saturated heterocycles. The molecular weight excluding hydrogens is 518 g/mol. The summed E-state index contributed by atoms with van der Waals surface area (Å²) in [4.78, 5) is 19.2. The van der Waals surface area contributed by atoms with Crippen LogP contribution in [0.2, 0.25) is 0 Å². The van der Waals surface area contributed by atoms with E-state index in [1.54, 1.807) is 31.4 Å². The second kappa shape index (κ2) is 11.2. The van der Waals surface area contributed by atoms with Gasteiger partial charge in [-0.05, 0) is 72.7 Å². The lowest BCUT2D eigenvalue weighted by atomic mass is 9.90. The molecule has 0 saturated carbocycles. The van der Waals surface area contributed by atoms with Crippen LogP contribution in [0.1, 0.15) is 41.0 Å². The predicted octanol–water partition coefficient (Wildman–Crippen LogP) is 4.32. The highest BCUT2D eigenvalue weighted by atomic mass is 32.2. The molecule has 2 unspecified atom stereocenters. The van der Waals surface area contributed by atoms with Crippen molar-refractivity contribution in [3.05, 3.63) is 81.5 Å². The molecule has 2 aromatic carbocycles. The van der Waals surface area contributed by atoms with Crippen molar-refractivity contribution in [3.63, 3.8) is 0 Å². The molecule has 0 radical (unpaired) electrons. The second-order valence-electron chi connectivity index (χ2n) is 10.1. The van der Waals surface area contributed by atoms with Crippen LogP contribution in [0.4, 0.5) is 0 Å². The van der Waals surface area contributed by atoms with Gasteiger partial charge in [-0.3, -0.25) is 9.69 Å². The fourth-order valence-corrected chi connectivity index (χ4v) is 8.19. The van der Waals surface area contributed by atoms with Crippen molar-refractivity contribution in [1.82, 2.24) is 14.1 Å². The summed E-state index contributed by atoms with van der Waals surface area (Å²) in [5, 5.41) is 2.17. The monoisotopic (exact) mass is 553 g/mol. The van der Waals surface area contributed by atoms with Crippen LogP contribution in [0.25, 0.3) is 0 Å². The van der Waals surface area contributed by atoms with Gasteiger partial charge in [-0.2, -0.15) is 4.31 Å². The summed E-state index contributed by atoms with van der Waals surface area (Å²) in [5.41, 5.74) is 3.91. The molecule has 0 N–H and O–H groups in total. The van der Waals surface area contributed by atoms with E-state index in [-0.39, 0.29) is 29.4 Å². The number of rotatable bonds is 7. The normalized spacial score (nSPS) is 20.8. The summed E-state index contributed by atoms with van der Waals surface area (Å²) in [6, 6.07) is 17.0. The smallest absolute Gasteiger partial charge is 0.243 e. The highest BCUT2D eigenvalue weighted by Crippen LogP contribution is 2.39. The minimum absolute atomic E-state index is 0.0815. The molecule has 3 aromatic rings. The Kier molecular flexibility index (Phi) is 7.90. The van der Waals surface area contributed by atoms with Crippen LogP contribution in [0.3, 0.4) is 0 Å². The van der Waals surface area contributed by atoms with Crippen molar-refractivity contribution < 1.29 is 17.9 Å². The Balaban J connectivity index is 1.24.